The van der Waals surface area contributed by atoms with E-state index in [1.165, 1.54) is 15.6 Å². The second kappa shape index (κ2) is 4.58. The third-order valence-electron chi connectivity index (χ3n) is 4.01. The highest BCUT2D eigenvalue weighted by Gasteiger charge is 2.21. The summed E-state index contributed by atoms with van der Waals surface area (Å²) in [5.41, 5.74) is 3.60. The fourth-order valence-electron chi connectivity index (χ4n) is 2.83. The molecule has 20 heavy (non-hydrogen) atoms. The predicted molar refractivity (Wildman–Crippen MR) is 79.3 cm³/mol. The fraction of sp³-hybridized carbons (Fsp3) is 0.429. The molecule has 0 bridgehead atoms. The summed E-state index contributed by atoms with van der Waals surface area (Å²) < 4.78 is 28.0. The van der Waals surface area contributed by atoms with Gasteiger partial charge in [-0.05, 0) is 30.7 Å². The minimum absolute atomic E-state index is 0.356. The number of benzene rings is 1. The van der Waals surface area contributed by atoms with Gasteiger partial charge in [0, 0.05) is 43.7 Å². The first-order valence-corrected chi connectivity index (χ1v) is 8.12. The largest absolute Gasteiger partial charge is 0.331 e. The molecule has 0 aliphatic carbocycles. The number of aryl methyl sites for hydroxylation is 1. The Kier molecular flexibility index (Phi) is 3.12. The summed E-state index contributed by atoms with van der Waals surface area (Å²) in [4.78, 5) is 0.356. The highest BCUT2D eigenvalue weighted by Crippen LogP contribution is 2.29. The SMILES string of the molecule is Cc1c2n(c3ccc(S(=O)(=O)N(C)C)cc13)CNCC2. The molecule has 108 valence electrons. The average Bonchev–Trinajstić information content (AvgIpc) is 2.72. The van der Waals surface area contributed by atoms with Crippen LogP contribution in [0.1, 0.15) is 11.3 Å². The Hall–Kier alpha value is -1.37. The average molecular weight is 293 g/mol. The number of hydrogen-bond acceptors (Lipinski definition) is 3. The van der Waals surface area contributed by atoms with Crippen LogP contribution in [0.25, 0.3) is 10.9 Å². The van der Waals surface area contributed by atoms with E-state index in [4.69, 9.17) is 0 Å². The van der Waals surface area contributed by atoms with Gasteiger partial charge in [0.2, 0.25) is 10.0 Å². The van der Waals surface area contributed by atoms with Crippen LogP contribution in [0.4, 0.5) is 0 Å². The maximum Gasteiger partial charge on any atom is 0.242 e. The molecule has 1 aliphatic rings. The van der Waals surface area contributed by atoms with Gasteiger partial charge in [0.1, 0.15) is 0 Å². The van der Waals surface area contributed by atoms with E-state index >= 15 is 0 Å². The molecule has 0 saturated carbocycles. The fourth-order valence-corrected chi connectivity index (χ4v) is 3.75. The van der Waals surface area contributed by atoms with Gasteiger partial charge in [0.15, 0.2) is 0 Å². The smallest absolute Gasteiger partial charge is 0.242 e. The van der Waals surface area contributed by atoms with Crippen LogP contribution in [0.15, 0.2) is 23.1 Å². The van der Waals surface area contributed by atoms with Gasteiger partial charge in [0.05, 0.1) is 11.6 Å². The number of fused-ring (bicyclic) bond motifs is 3. The first-order valence-electron chi connectivity index (χ1n) is 6.68. The summed E-state index contributed by atoms with van der Waals surface area (Å²) in [6.45, 7) is 3.84. The van der Waals surface area contributed by atoms with Crippen LogP contribution in [-0.2, 0) is 23.1 Å². The highest BCUT2D eigenvalue weighted by molar-refractivity contribution is 7.89. The second-order valence-corrected chi connectivity index (χ2v) is 7.53. The molecule has 3 rings (SSSR count). The normalized spacial score (nSPS) is 15.8. The van der Waals surface area contributed by atoms with E-state index in [2.05, 4.69) is 16.8 Å². The van der Waals surface area contributed by atoms with E-state index in [-0.39, 0.29) is 0 Å². The first-order chi connectivity index (χ1) is 9.43. The van der Waals surface area contributed by atoms with Gasteiger partial charge < -0.3 is 4.57 Å². The first kappa shape index (κ1) is 13.6. The molecule has 1 aliphatic heterocycles. The van der Waals surface area contributed by atoms with E-state index < -0.39 is 10.0 Å². The molecular formula is C14H19N3O2S. The molecule has 1 aromatic carbocycles. The molecule has 6 heteroatoms. The summed E-state index contributed by atoms with van der Waals surface area (Å²) in [6.07, 6.45) is 0.982. The summed E-state index contributed by atoms with van der Waals surface area (Å²) in [5, 5.41) is 4.38. The lowest BCUT2D eigenvalue weighted by Gasteiger charge is -2.18. The highest BCUT2D eigenvalue weighted by atomic mass is 32.2. The Balaban J connectivity index is 2.25. The van der Waals surface area contributed by atoms with Crippen molar-refractivity contribution < 1.29 is 8.42 Å². The van der Waals surface area contributed by atoms with E-state index in [1.807, 2.05) is 6.07 Å². The van der Waals surface area contributed by atoms with Gasteiger partial charge in [-0.3, -0.25) is 5.32 Å². The van der Waals surface area contributed by atoms with Gasteiger partial charge in [-0.25, -0.2) is 12.7 Å². The summed E-state index contributed by atoms with van der Waals surface area (Å²) in [7, 11) is -0.265. The van der Waals surface area contributed by atoms with Crippen LogP contribution < -0.4 is 5.32 Å². The van der Waals surface area contributed by atoms with Crippen molar-refractivity contribution in [2.24, 2.45) is 0 Å². The number of aromatic nitrogens is 1. The van der Waals surface area contributed by atoms with Crippen LogP contribution in [0.3, 0.4) is 0 Å². The Morgan fingerprint density at radius 2 is 2.05 bits per heavy atom. The number of nitrogens with zero attached hydrogens (tertiary/aromatic N) is 2. The number of rotatable bonds is 2. The zero-order valence-corrected chi connectivity index (χ0v) is 12.8. The molecule has 0 amide bonds. The van der Waals surface area contributed by atoms with Crippen LogP contribution >= 0.6 is 0 Å². The van der Waals surface area contributed by atoms with Crippen molar-refractivity contribution in [3.63, 3.8) is 0 Å². The maximum absolute atomic E-state index is 12.2. The predicted octanol–water partition coefficient (Wildman–Crippen LogP) is 1.30. The van der Waals surface area contributed by atoms with Crippen LogP contribution in [0.2, 0.25) is 0 Å². The number of hydrogen-bond donors (Lipinski definition) is 1. The Bertz CT molecular complexity index is 775. The van der Waals surface area contributed by atoms with Gasteiger partial charge in [-0.15, -0.1) is 0 Å². The maximum atomic E-state index is 12.2. The molecule has 0 unspecified atom stereocenters. The third-order valence-corrected chi connectivity index (χ3v) is 5.82. The molecule has 1 aromatic heterocycles. The summed E-state index contributed by atoms with van der Waals surface area (Å²) in [6, 6.07) is 5.40. The molecular weight excluding hydrogens is 274 g/mol. The Morgan fingerprint density at radius 3 is 2.75 bits per heavy atom. The van der Waals surface area contributed by atoms with Crippen molar-refractivity contribution in [1.82, 2.24) is 14.2 Å². The third kappa shape index (κ3) is 1.87. The molecule has 2 heterocycles. The van der Waals surface area contributed by atoms with Gasteiger partial charge in [-0.1, -0.05) is 0 Å². The molecule has 5 nitrogen and oxygen atoms in total. The van der Waals surface area contributed by atoms with Crippen LogP contribution in [-0.4, -0.2) is 37.9 Å². The molecule has 0 fully saturated rings. The van der Waals surface area contributed by atoms with Crippen molar-refractivity contribution in [1.29, 1.82) is 0 Å². The lowest BCUT2D eigenvalue weighted by Crippen LogP contribution is -2.28. The van der Waals surface area contributed by atoms with Crippen LogP contribution in [0.5, 0.6) is 0 Å². The topological polar surface area (TPSA) is 54.3 Å². The number of nitrogens with one attached hydrogen (secondary N) is 1. The van der Waals surface area contributed by atoms with Gasteiger partial charge >= 0.3 is 0 Å². The van der Waals surface area contributed by atoms with Crippen molar-refractivity contribution in [3.05, 3.63) is 29.5 Å². The molecule has 0 radical (unpaired) electrons. The zero-order valence-electron chi connectivity index (χ0n) is 12.0. The molecule has 1 N–H and O–H groups in total. The lowest BCUT2D eigenvalue weighted by molar-refractivity contribution is 0.505. The molecule has 0 atom stereocenters. The monoisotopic (exact) mass is 293 g/mol. The summed E-state index contributed by atoms with van der Waals surface area (Å²) >= 11 is 0. The van der Waals surface area contributed by atoms with Crippen molar-refractivity contribution >= 4 is 20.9 Å². The lowest BCUT2D eigenvalue weighted by atomic mass is 10.1. The quantitative estimate of drug-likeness (QED) is 0.908. The summed E-state index contributed by atoms with van der Waals surface area (Å²) in [5.74, 6) is 0. The molecule has 0 saturated heterocycles. The second-order valence-electron chi connectivity index (χ2n) is 5.37. The van der Waals surface area contributed by atoms with Gasteiger partial charge in [-0.2, -0.15) is 0 Å². The standard InChI is InChI=1S/C14H19N3O2S/c1-10-12-8-11(20(18,19)16(2)3)4-5-14(12)17-9-15-7-6-13(10)17/h4-5,8,15H,6-7,9H2,1-3H3. The van der Waals surface area contributed by atoms with E-state index in [9.17, 15) is 8.42 Å². The Labute approximate surface area is 119 Å². The van der Waals surface area contributed by atoms with E-state index in [0.717, 1.165) is 30.5 Å². The van der Waals surface area contributed by atoms with Crippen molar-refractivity contribution in [2.75, 3.05) is 20.6 Å². The molecule has 0 spiro atoms. The van der Waals surface area contributed by atoms with Crippen molar-refractivity contribution in [3.8, 4) is 0 Å². The van der Waals surface area contributed by atoms with Gasteiger partial charge in [0.25, 0.3) is 0 Å². The minimum Gasteiger partial charge on any atom is -0.331 e. The Morgan fingerprint density at radius 1 is 1.30 bits per heavy atom. The van der Waals surface area contributed by atoms with E-state index in [1.54, 1.807) is 26.2 Å². The van der Waals surface area contributed by atoms with Crippen LogP contribution in [0, 0.1) is 6.92 Å². The van der Waals surface area contributed by atoms with E-state index in [0.29, 0.717) is 4.90 Å². The zero-order chi connectivity index (χ0) is 14.5. The molecule has 2 aromatic rings. The number of sulfonamides is 1. The van der Waals surface area contributed by atoms with Crippen molar-refractivity contribution in [2.45, 2.75) is 24.9 Å². The minimum atomic E-state index is -3.38.